The van der Waals surface area contributed by atoms with Gasteiger partial charge in [0.25, 0.3) is 0 Å². The third kappa shape index (κ3) is 3.91. The molecule has 2 N–H and O–H groups in total. The maximum atomic E-state index is 14.0. The van der Waals surface area contributed by atoms with E-state index in [4.69, 9.17) is 0 Å². The third-order valence-corrected chi connectivity index (χ3v) is 4.55. The van der Waals surface area contributed by atoms with Crippen molar-refractivity contribution >= 4 is 5.96 Å². The Morgan fingerprint density at radius 1 is 1.21 bits per heavy atom. The molecule has 1 aromatic heterocycles. The quantitative estimate of drug-likeness (QED) is 0.634. The zero-order valence-corrected chi connectivity index (χ0v) is 13.9. The van der Waals surface area contributed by atoms with Gasteiger partial charge in [-0.05, 0) is 42.5 Å². The van der Waals surface area contributed by atoms with Crippen molar-refractivity contribution in [3.8, 4) is 0 Å². The van der Waals surface area contributed by atoms with E-state index in [0.717, 1.165) is 37.3 Å². The van der Waals surface area contributed by atoms with Crippen LogP contribution in [0.15, 0.2) is 53.8 Å². The highest BCUT2D eigenvalue weighted by molar-refractivity contribution is 5.79. The number of nitrogens with one attached hydrogen (secondary N) is 2. The van der Waals surface area contributed by atoms with Gasteiger partial charge in [0.2, 0.25) is 0 Å². The number of pyridine rings is 1. The van der Waals surface area contributed by atoms with Crippen molar-refractivity contribution in [3.05, 3.63) is 65.7 Å². The number of hydrogen-bond donors (Lipinski definition) is 2. The van der Waals surface area contributed by atoms with E-state index in [1.54, 1.807) is 19.3 Å². The Kier molecular flexibility index (Phi) is 5.08. The molecule has 0 spiro atoms. The summed E-state index contributed by atoms with van der Waals surface area (Å²) in [4.78, 5) is 8.36. The van der Waals surface area contributed by atoms with Crippen LogP contribution in [0.25, 0.3) is 0 Å². The molecular formula is C19H23FN4. The predicted molar refractivity (Wildman–Crippen MR) is 94.6 cm³/mol. The monoisotopic (exact) mass is 326 g/mol. The summed E-state index contributed by atoms with van der Waals surface area (Å²) in [5, 5.41) is 6.64. The lowest BCUT2D eigenvalue weighted by atomic mass is 9.95. The van der Waals surface area contributed by atoms with Crippen LogP contribution in [0, 0.1) is 5.82 Å². The Morgan fingerprint density at radius 2 is 2.04 bits per heavy atom. The number of guanidine groups is 1. The summed E-state index contributed by atoms with van der Waals surface area (Å²) in [5.74, 6) is 0.637. The van der Waals surface area contributed by atoms with Crippen LogP contribution in [-0.2, 0) is 11.8 Å². The molecule has 3 rings (SSSR count). The highest BCUT2D eigenvalue weighted by Gasteiger charge is 2.45. The zero-order chi connectivity index (χ0) is 16.8. The smallest absolute Gasteiger partial charge is 0.191 e. The molecule has 126 valence electrons. The summed E-state index contributed by atoms with van der Waals surface area (Å²) in [6.45, 7) is 1.47. The molecule has 0 saturated heterocycles. The molecule has 1 aliphatic rings. The van der Waals surface area contributed by atoms with E-state index in [1.165, 1.54) is 11.6 Å². The Labute approximate surface area is 142 Å². The molecule has 24 heavy (non-hydrogen) atoms. The minimum Gasteiger partial charge on any atom is -0.356 e. The van der Waals surface area contributed by atoms with E-state index in [0.29, 0.717) is 6.54 Å². The second-order valence-electron chi connectivity index (χ2n) is 6.22. The molecule has 2 aromatic rings. The molecule has 1 fully saturated rings. The van der Waals surface area contributed by atoms with Crippen LogP contribution >= 0.6 is 0 Å². The molecule has 0 bridgehead atoms. The Bertz CT molecular complexity index is 696. The van der Waals surface area contributed by atoms with Crippen molar-refractivity contribution in [2.75, 3.05) is 20.1 Å². The van der Waals surface area contributed by atoms with E-state index in [9.17, 15) is 4.39 Å². The summed E-state index contributed by atoms with van der Waals surface area (Å²) in [6.07, 6.45) is 6.54. The largest absolute Gasteiger partial charge is 0.356 e. The molecule has 0 atom stereocenters. The topological polar surface area (TPSA) is 49.3 Å². The van der Waals surface area contributed by atoms with Crippen LogP contribution in [0.5, 0.6) is 0 Å². The van der Waals surface area contributed by atoms with Crippen molar-refractivity contribution in [1.82, 2.24) is 15.6 Å². The minimum absolute atomic E-state index is 0.0910. The van der Waals surface area contributed by atoms with E-state index in [2.05, 4.69) is 26.7 Å². The molecular weight excluding hydrogens is 303 g/mol. The van der Waals surface area contributed by atoms with E-state index < -0.39 is 0 Å². The van der Waals surface area contributed by atoms with E-state index in [1.807, 2.05) is 24.4 Å². The lowest BCUT2D eigenvalue weighted by molar-refractivity contribution is 0.559. The number of aliphatic imine (C=N–C) groups is 1. The van der Waals surface area contributed by atoms with Gasteiger partial charge >= 0.3 is 0 Å². The Morgan fingerprint density at radius 3 is 2.71 bits per heavy atom. The number of halogens is 1. The first-order valence-electron chi connectivity index (χ1n) is 8.32. The van der Waals surface area contributed by atoms with Crippen LogP contribution in [-0.4, -0.2) is 31.1 Å². The summed E-state index contributed by atoms with van der Waals surface area (Å²) in [6, 6.07) is 11.1. The average molecular weight is 326 g/mol. The van der Waals surface area contributed by atoms with Gasteiger partial charge in [0, 0.05) is 37.9 Å². The number of benzene rings is 1. The maximum Gasteiger partial charge on any atom is 0.191 e. The number of nitrogens with zero attached hydrogens (tertiary/aromatic N) is 2. The molecule has 1 heterocycles. The van der Waals surface area contributed by atoms with Crippen LogP contribution < -0.4 is 10.6 Å². The van der Waals surface area contributed by atoms with Crippen LogP contribution in [0.4, 0.5) is 4.39 Å². The van der Waals surface area contributed by atoms with Crippen molar-refractivity contribution in [2.45, 2.75) is 24.7 Å². The van der Waals surface area contributed by atoms with Gasteiger partial charge in [0.15, 0.2) is 5.96 Å². The van der Waals surface area contributed by atoms with Crippen LogP contribution in [0.1, 0.15) is 24.0 Å². The lowest BCUT2D eigenvalue weighted by Gasteiger charge is -2.19. The number of hydrogen-bond acceptors (Lipinski definition) is 2. The first-order chi connectivity index (χ1) is 11.7. The second-order valence-corrected chi connectivity index (χ2v) is 6.22. The lowest BCUT2D eigenvalue weighted by Crippen LogP contribution is -2.42. The van der Waals surface area contributed by atoms with Gasteiger partial charge in [-0.15, -0.1) is 0 Å². The zero-order valence-electron chi connectivity index (χ0n) is 13.9. The first kappa shape index (κ1) is 16.4. The van der Waals surface area contributed by atoms with Gasteiger partial charge in [-0.25, -0.2) is 4.39 Å². The van der Waals surface area contributed by atoms with Crippen molar-refractivity contribution < 1.29 is 4.39 Å². The van der Waals surface area contributed by atoms with Crippen molar-refractivity contribution in [1.29, 1.82) is 0 Å². The minimum atomic E-state index is -0.115. The SMILES string of the molecule is CN=C(NCCc1cccnc1)NCC1(c2ccccc2F)CC1. The van der Waals surface area contributed by atoms with E-state index in [-0.39, 0.29) is 11.2 Å². The summed E-state index contributed by atoms with van der Waals surface area (Å²) in [7, 11) is 1.75. The maximum absolute atomic E-state index is 14.0. The normalized spacial score (nSPS) is 15.8. The van der Waals surface area contributed by atoms with Crippen molar-refractivity contribution in [2.24, 2.45) is 4.99 Å². The van der Waals surface area contributed by atoms with E-state index >= 15 is 0 Å². The molecule has 1 aliphatic carbocycles. The third-order valence-electron chi connectivity index (χ3n) is 4.55. The molecule has 0 aliphatic heterocycles. The van der Waals surface area contributed by atoms with Gasteiger partial charge in [-0.3, -0.25) is 9.98 Å². The standard InChI is InChI=1S/C19H23FN4/c1-21-18(23-12-8-15-5-4-11-22-13-15)24-14-19(9-10-19)16-6-2-3-7-17(16)20/h2-7,11,13H,8-10,12,14H2,1H3,(H2,21,23,24). The van der Waals surface area contributed by atoms with Gasteiger partial charge in [0.05, 0.1) is 0 Å². The summed E-state index contributed by atoms with van der Waals surface area (Å²) < 4.78 is 14.0. The Balaban J connectivity index is 1.51. The second kappa shape index (κ2) is 7.43. The highest BCUT2D eigenvalue weighted by atomic mass is 19.1. The van der Waals surface area contributed by atoms with Crippen molar-refractivity contribution in [3.63, 3.8) is 0 Å². The fraction of sp³-hybridized carbons (Fsp3) is 0.368. The van der Waals surface area contributed by atoms with Gasteiger partial charge in [-0.1, -0.05) is 24.3 Å². The van der Waals surface area contributed by atoms with Crippen LogP contribution in [0.2, 0.25) is 0 Å². The molecule has 0 amide bonds. The summed E-state index contributed by atoms with van der Waals surface area (Å²) in [5.41, 5.74) is 1.90. The molecule has 4 nitrogen and oxygen atoms in total. The van der Waals surface area contributed by atoms with Gasteiger partial charge in [0.1, 0.15) is 5.82 Å². The van der Waals surface area contributed by atoms with Crippen LogP contribution in [0.3, 0.4) is 0 Å². The Hall–Kier alpha value is -2.43. The molecule has 1 saturated carbocycles. The average Bonchev–Trinajstić information content (AvgIpc) is 3.40. The van der Waals surface area contributed by atoms with Gasteiger partial charge < -0.3 is 10.6 Å². The predicted octanol–water partition coefficient (Wildman–Crippen LogP) is 2.66. The van der Waals surface area contributed by atoms with Gasteiger partial charge in [-0.2, -0.15) is 0 Å². The molecule has 5 heteroatoms. The summed E-state index contributed by atoms with van der Waals surface area (Å²) >= 11 is 0. The first-order valence-corrected chi connectivity index (χ1v) is 8.32. The highest BCUT2D eigenvalue weighted by Crippen LogP contribution is 2.48. The fourth-order valence-electron chi connectivity index (χ4n) is 2.93. The molecule has 0 unspecified atom stereocenters. The molecule has 1 aromatic carbocycles. The molecule has 0 radical (unpaired) electrons. The number of rotatable bonds is 6. The fourth-order valence-corrected chi connectivity index (χ4v) is 2.93. The number of aromatic nitrogens is 1.